The monoisotopic (exact) mass is 282 g/mol. The van der Waals surface area contributed by atoms with Gasteiger partial charge in [-0.1, -0.05) is 25.5 Å². The Labute approximate surface area is 124 Å². The number of aromatic nitrogens is 1. The van der Waals surface area contributed by atoms with Crippen LogP contribution in [0.5, 0.6) is 5.75 Å². The van der Waals surface area contributed by atoms with Crippen molar-refractivity contribution in [1.29, 1.82) is 5.26 Å². The topological polar surface area (TPSA) is 55.0 Å². The average molecular weight is 282 g/mol. The Morgan fingerprint density at radius 1 is 1.24 bits per heavy atom. The Hall–Kier alpha value is -2.54. The van der Waals surface area contributed by atoms with Crippen LogP contribution in [0.25, 0.3) is 0 Å². The van der Waals surface area contributed by atoms with Crippen LogP contribution in [0, 0.1) is 11.3 Å². The lowest BCUT2D eigenvalue weighted by atomic mass is 10.1. The number of pyridine rings is 1. The predicted octanol–water partition coefficient (Wildman–Crippen LogP) is 2.95. The maximum absolute atomic E-state index is 12.3. The normalized spacial score (nSPS) is 10.1. The SMILES string of the molecule is CCCCOc1cccn(Cc2ccc(C#N)cc2)c1=O. The summed E-state index contributed by atoms with van der Waals surface area (Å²) in [5.41, 5.74) is 1.46. The number of ether oxygens (including phenoxy) is 1. The molecule has 2 rings (SSSR count). The molecule has 0 aliphatic rings. The van der Waals surface area contributed by atoms with Gasteiger partial charge in [0.05, 0.1) is 24.8 Å². The first-order chi connectivity index (χ1) is 10.2. The maximum atomic E-state index is 12.3. The molecule has 0 unspecified atom stereocenters. The number of rotatable bonds is 6. The molecule has 0 radical (unpaired) electrons. The molecule has 1 aromatic carbocycles. The number of nitrogens with zero attached hydrogens (tertiary/aromatic N) is 2. The van der Waals surface area contributed by atoms with Gasteiger partial charge in [-0.2, -0.15) is 5.26 Å². The molecule has 0 N–H and O–H groups in total. The molecular weight excluding hydrogens is 264 g/mol. The molecule has 108 valence electrons. The first-order valence-corrected chi connectivity index (χ1v) is 7.06. The first-order valence-electron chi connectivity index (χ1n) is 7.06. The minimum Gasteiger partial charge on any atom is -0.488 e. The standard InChI is InChI=1S/C17H18N2O2/c1-2-3-11-21-16-5-4-10-19(17(16)20)13-15-8-6-14(12-18)7-9-15/h4-10H,2-3,11,13H2,1H3. The minimum absolute atomic E-state index is 0.127. The Morgan fingerprint density at radius 2 is 2.00 bits per heavy atom. The highest BCUT2D eigenvalue weighted by molar-refractivity contribution is 5.32. The molecule has 21 heavy (non-hydrogen) atoms. The molecule has 1 aromatic heterocycles. The molecule has 0 fully saturated rings. The number of benzene rings is 1. The van der Waals surface area contributed by atoms with Gasteiger partial charge in [-0.3, -0.25) is 4.79 Å². The molecule has 2 aromatic rings. The fourth-order valence-electron chi connectivity index (χ4n) is 1.96. The van der Waals surface area contributed by atoms with Gasteiger partial charge in [0.1, 0.15) is 0 Å². The Kier molecular flexibility index (Phi) is 5.16. The van der Waals surface area contributed by atoms with Crippen molar-refractivity contribution < 1.29 is 4.74 Å². The van der Waals surface area contributed by atoms with Crippen LogP contribution >= 0.6 is 0 Å². The second kappa shape index (κ2) is 7.30. The lowest BCUT2D eigenvalue weighted by Crippen LogP contribution is -2.22. The Balaban J connectivity index is 2.14. The van der Waals surface area contributed by atoms with E-state index < -0.39 is 0 Å². The summed E-state index contributed by atoms with van der Waals surface area (Å²) in [5.74, 6) is 0.389. The Morgan fingerprint density at radius 3 is 2.67 bits per heavy atom. The van der Waals surface area contributed by atoms with Crippen molar-refractivity contribution in [3.8, 4) is 11.8 Å². The second-order valence-electron chi connectivity index (χ2n) is 4.82. The molecular formula is C17H18N2O2. The number of hydrogen-bond donors (Lipinski definition) is 0. The summed E-state index contributed by atoms with van der Waals surface area (Å²) in [7, 11) is 0. The summed E-state index contributed by atoms with van der Waals surface area (Å²) in [5, 5.41) is 8.78. The van der Waals surface area contributed by atoms with E-state index in [1.54, 1.807) is 29.0 Å². The van der Waals surface area contributed by atoms with Gasteiger partial charge >= 0.3 is 0 Å². The van der Waals surface area contributed by atoms with Crippen molar-refractivity contribution >= 4 is 0 Å². The Bertz CT molecular complexity index is 681. The number of hydrogen-bond acceptors (Lipinski definition) is 3. The fraction of sp³-hybridized carbons (Fsp3) is 0.294. The summed E-state index contributed by atoms with van der Waals surface area (Å²) < 4.78 is 7.13. The van der Waals surface area contributed by atoms with Crippen molar-refractivity contribution in [2.75, 3.05) is 6.61 Å². The van der Waals surface area contributed by atoms with Gasteiger partial charge in [0, 0.05) is 6.20 Å². The highest BCUT2D eigenvalue weighted by Gasteiger charge is 2.05. The van der Waals surface area contributed by atoms with Gasteiger partial charge in [0.15, 0.2) is 5.75 Å². The molecule has 4 nitrogen and oxygen atoms in total. The third-order valence-corrected chi connectivity index (χ3v) is 3.18. The third kappa shape index (κ3) is 3.96. The molecule has 1 heterocycles. The van der Waals surface area contributed by atoms with Crippen LogP contribution < -0.4 is 10.3 Å². The van der Waals surface area contributed by atoms with Crippen molar-refractivity contribution in [1.82, 2.24) is 4.57 Å². The van der Waals surface area contributed by atoms with Gasteiger partial charge in [0.2, 0.25) is 0 Å². The van der Waals surface area contributed by atoms with Crippen LogP contribution in [0.1, 0.15) is 30.9 Å². The van der Waals surface area contributed by atoms with Crippen LogP contribution in [-0.2, 0) is 6.54 Å². The van der Waals surface area contributed by atoms with Gasteiger partial charge in [-0.25, -0.2) is 0 Å². The van der Waals surface area contributed by atoms with Crippen LogP contribution in [0.3, 0.4) is 0 Å². The van der Waals surface area contributed by atoms with E-state index in [1.807, 2.05) is 18.2 Å². The van der Waals surface area contributed by atoms with E-state index in [1.165, 1.54) is 0 Å². The molecule has 0 spiro atoms. The van der Waals surface area contributed by atoms with Crippen molar-refractivity contribution in [2.24, 2.45) is 0 Å². The summed E-state index contributed by atoms with van der Waals surface area (Å²) in [6, 6.07) is 12.8. The number of unbranched alkanes of at least 4 members (excludes halogenated alkanes) is 1. The van der Waals surface area contributed by atoms with Crippen LogP contribution in [0.2, 0.25) is 0 Å². The van der Waals surface area contributed by atoms with E-state index in [9.17, 15) is 4.79 Å². The number of nitriles is 1. The second-order valence-corrected chi connectivity index (χ2v) is 4.82. The fourth-order valence-corrected chi connectivity index (χ4v) is 1.96. The molecule has 0 amide bonds. The minimum atomic E-state index is -0.127. The smallest absolute Gasteiger partial charge is 0.293 e. The first kappa shape index (κ1) is 14.9. The largest absolute Gasteiger partial charge is 0.488 e. The van der Waals surface area contributed by atoms with Crippen LogP contribution in [-0.4, -0.2) is 11.2 Å². The zero-order chi connectivity index (χ0) is 15.1. The molecule has 0 aliphatic heterocycles. The molecule has 0 atom stereocenters. The summed E-state index contributed by atoms with van der Waals surface area (Å²) >= 11 is 0. The molecule has 0 saturated carbocycles. The average Bonchev–Trinajstić information content (AvgIpc) is 2.52. The molecule has 0 saturated heterocycles. The molecule has 4 heteroatoms. The van der Waals surface area contributed by atoms with Crippen LogP contribution in [0.15, 0.2) is 47.4 Å². The van der Waals surface area contributed by atoms with E-state index in [2.05, 4.69) is 13.0 Å². The lowest BCUT2D eigenvalue weighted by molar-refractivity contribution is 0.303. The summed E-state index contributed by atoms with van der Waals surface area (Å²) in [6.45, 7) is 3.11. The molecule has 0 aliphatic carbocycles. The van der Waals surface area contributed by atoms with Crippen molar-refractivity contribution in [2.45, 2.75) is 26.3 Å². The van der Waals surface area contributed by atoms with E-state index in [4.69, 9.17) is 10.00 Å². The van der Waals surface area contributed by atoms with E-state index in [-0.39, 0.29) is 5.56 Å². The van der Waals surface area contributed by atoms with E-state index in [0.717, 1.165) is 18.4 Å². The quantitative estimate of drug-likeness (QED) is 0.765. The summed E-state index contributed by atoms with van der Waals surface area (Å²) in [6.07, 6.45) is 3.71. The highest BCUT2D eigenvalue weighted by Crippen LogP contribution is 2.07. The third-order valence-electron chi connectivity index (χ3n) is 3.18. The van der Waals surface area contributed by atoms with E-state index >= 15 is 0 Å². The van der Waals surface area contributed by atoms with Gasteiger partial charge < -0.3 is 9.30 Å². The zero-order valence-electron chi connectivity index (χ0n) is 12.1. The van der Waals surface area contributed by atoms with E-state index in [0.29, 0.717) is 24.5 Å². The van der Waals surface area contributed by atoms with Gasteiger partial charge in [-0.05, 0) is 36.2 Å². The predicted molar refractivity (Wildman–Crippen MR) is 81.4 cm³/mol. The van der Waals surface area contributed by atoms with Crippen molar-refractivity contribution in [3.63, 3.8) is 0 Å². The summed E-state index contributed by atoms with van der Waals surface area (Å²) in [4.78, 5) is 12.3. The maximum Gasteiger partial charge on any atom is 0.293 e. The molecule has 0 bridgehead atoms. The lowest BCUT2D eigenvalue weighted by Gasteiger charge is -2.09. The van der Waals surface area contributed by atoms with Gasteiger partial charge in [-0.15, -0.1) is 0 Å². The van der Waals surface area contributed by atoms with Crippen LogP contribution in [0.4, 0.5) is 0 Å². The van der Waals surface area contributed by atoms with Gasteiger partial charge in [0.25, 0.3) is 5.56 Å². The highest BCUT2D eigenvalue weighted by atomic mass is 16.5. The van der Waals surface area contributed by atoms with Crippen molar-refractivity contribution in [3.05, 3.63) is 64.1 Å². The zero-order valence-corrected chi connectivity index (χ0v) is 12.1.